The van der Waals surface area contributed by atoms with Gasteiger partial charge in [-0.3, -0.25) is 0 Å². The molecule has 3 nitrogen and oxygen atoms in total. The Kier molecular flexibility index (Phi) is 4.19. The Morgan fingerprint density at radius 3 is 2.40 bits per heavy atom. The summed E-state index contributed by atoms with van der Waals surface area (Å²) in [6, 6.07) is 6.31. The van der Waals surface area contributed by atoms with Crippen LogP contribution in [0.25, 0.3) is 11.4 Å². The highest BCUT2D eigenvalue weighted by molar-refractivity contribution is 9.10. The first-order valence-corrected chi connectivity index (χ1v) is 6.65. The van der Waals surface area contributed by atoms with E-state index in [-0.39, 0.29) is 12.4 Å². The van der Waals surface area contributed by atoms with Crippen LogP contribution in [0.15, 0.2) is 34.9 Å². The van der Waals surface area contributed by atoms with Crippen LogP contribution in [-0.2, 0) is 6.18 Å². The topological polar surface area (TPSA) is 38.0 Å². The van der Waals surface area contributed by atoms with Crippen LogP contribution in [0.5, 0.6) is 0 Å². The van der Waals surface area contributed by atoms with Crippen LogP contribution in [0.4, 0.5) is 13.2 Å². The van der Waals surface area contributed by atoms with Gasteiger partial charge in [0.2, 0.25) is 0 Å². The third-order valence-electron chi connectivity index (χ3n) is 2.86. The maximum Gasteiger partial charge on any atom is 0.434 e. The second-order valence-corrected chi connectivity index (χ2v) is 5.31. The van der Waals surface area contributed by atoms with Crippen LogP contribution in [0.1, 0.15) is 18.7 Å². The molecule has 0 saturated carbocycles. The molecule has 20 heavy (non-hydrogen) atoms. The van der Waals surface area contributed by atoms with Crippen LogP contribution in [0.3, 0.4) is 0 Å². The van der Waals surface area contributed by atoms with Crippen LogP contribution in [-0.4, -0.2) is 21.3 Å². The van der Waals surface area contributed by atoms with Gasteiger partial charge in [0.25, 0.3) is 0 Å². The van der Waals surface area contributed by atoms with E-state index in [0.29, 0.717) is 5.56 Å². The van der Waals surface area contributed by atoms with Gasteiger partial charge in [-0.2, -0.15) is 13.2 Å². The molecule has 2 rings (SSSR count). The predicted molar refractivity (Wildman–Crippen MR) is 72.2 cm³/mol. The molecule has 1 atom stereocenters. The number of aromatic nitrogens is 2. The summed E-state index contributed by atoms with van der Waals surface area (Å²) in [6.45, 7) is 1.36. The van der Waals surface area contributed by atoms with E-state index in [4.69, 9.17) is 0 Å². The van der Waals surface area contributed by atoms with Crippen molar-refractivity contribution in [1.82, 2.24) is 9.55 Å². The molecule has 0 spiro atoms. The number of imidazole rings is 1. The van der Waals surface area contributed by atoms with Gasteiger partial charge in [0.15, 0.2) is 5.69 Å². The van der Waals surface area contributed by atoms with Gasteiger partial charge < -0.3 is 9.67 Å². The number of hydrogen-bond donors (Lipinski definition) is 1. The SMILES string of the molecule is CC(CO)n1cc(C(F)(F)F)nc1-c1ccc(Br)cc1. The zero-order chi connectivity index (χ0) is 14.9. The smallest absolute Gasteiger partial charge is 0.394 e. The molecular weight excluding hydrogens is 337 g/mol. The van der Waals surface area contributed by atoms with Gasteiger partial charge in [-0.1, -0.05) is 28.1 Å². The number of halogens is 4. The molecular formula is C13H12BrF3N2O. The van der Waals surface area contributed by atoms with Crippen molar-refractivity contribution in [1.29, 1.82) is 0 Å². The first-order valence-electron chi connectivity index (χ1n) is 5.86. The Labute approximate surface area is 122 Å². The summed E-state index contributed by atoms with van der Waals surface area (Å²) in [7, 11) is 0. The summed E-state index contributed by atoms with van der Waals surface area (Å²) in [4.78, 5) is 3.66. The molecule has 0 saturated heterocycles. The van der Waals surface area contributed by atoms with E-state index in [1.807, 2.05) is 0 Å². The fourth-order valence-electron chi connectivity index (χ4n) is 1.77. The summed E-state index contributed by atoms with van der Waals surface area (Å²) in [5.41, 5.74) is -0.403. The molecule has 0 radical (unpaired) electrons. The quantitative estimate of drug-likeness (QED) is 0.913. The van der Waals surface area contributed by atoms with Gasteiger partial charge in [-0.05, 0) is 19.1 Å². The average Bonchev–Trinajstić information content (AvgIpc) is 2.83. The van der Waals surface area contributed by atoms with Gasteiger partial charge in [-0.15, -0.1) is 0 Å². The minimum atomic E-state index is -4.51. The summed E-state index contributed by atoms with van der Waals surface area (Å²) >= 11 is 3.27. The minimum Gasteiger partial charge on any atom is -0.394 e. The molecule has 0 aliphatic carbocycles. The van der Waals surface area contributed by atoms with E-state index in [0.717, 1.165) is 10.7 Å². The van der Waals surface area contributed by atoms with E-state index in [1.54, 1.807) is 31.2 Å². The number of benzene rings is 1. The van der Waals surface area contributed by atoms with E-state index >= 15 is 0 Å². The lowest BCUT2D eigenvalue weighted by Crippen LogP contribution is -2.10. The van der Waals surface area contributed by atoms with Gasteiger partial charge in [0, 0.05) is 16.2 Å². The van der Waals surface area contributed by atoms with E-state index in [2.05, 4.69) is 20.9 Å². The predicted octanol–water partition coefficient (Wildman–Crippen LogP) is 3.88. The second kappa shape index (κ2) is 5.57. The summed E-state index contributed by atoms with van der Waals surface area (Å²) in [5, 5.41) is 9.18. The highest BCUT2D eigenvalue weighted by atomic mass is 79.9. The number of aliphatic hydroxyl groups is 1. The third-order valence-corrected chi connectivity index (χ3v) is 3.39. The van der Waals surface area contributed by atoms with Crippen molar-refractivity contribution in [2.24, 2.45) is 0 Å². The Balaban J connectivity index is 2.55. The highest BCUT2D eigenvalue weighted by Crippen LogP contribution is 2.32. The first kappa shape index (κ1) is 15.1. The van der Waals surface area contributed by atoms with Crippen LogP contribution < -0.4 is 0 Å². The zero-order valence-corrected chi connectivity index (χ0v) is 12.1. The molecule has 108 valence electrons. The Hall–Kier alpha value is -1.34. The molecule has 1 unspecified atom stereocenters. The van der Waals surface area contributed by atoms with E-state index < -0.39 is 17.9 Å². The highest BCUT2D eigenvalue weighted by Gasteiger charge is 2.35. The van der Waals surface area contributed by atoms with Crippen LogP contribution in [0.2, 0.25) is 0 Å². The third kappa shape index (κ3) is 3.04. The number of nitrogens with zero attached hydrogens (tertiary/aromatic N) is 2. The maximum absolute atomic E-state index is 12.8. The molecule has 2 aromatic rings. The summed E-state index contributed by atoms with van der Waals surface area (Å²) in [6.07, 6.45) is -3.58. The zero-order valence-electron chi connectivity index (χ0n) is 10.5. The van der Waals surface area contributed by atoms with Crippen LogP contribution in [0, 0.1) is 0 Å². The lowest BCUT2D eigenvalue weighted by molar-refractivity contribution is -0.140. The van der Waals surface area contributed by atoms with Gasteiger partial charge in [0.05, 0.1) is 12.6 Å². The lowest BCUT2D eigenvalue weighted by atomic mass is 10.2. The molecule has 1 aromatic heterocycles. The molecule has 0 bridgehead atoms. The fourth-order valence-corrected chi connectivity index (χ4v) is 2.03. The van der Waals surface area contributed by atoms with Crippen molar-refractivity contribution in [3.63, 3.8) is 0 Å². The van der Waals surface area contributed by atoms with Crippen LogP contribution >= 0.6 is 15.9 Å². The Morgan fingerprint density at radius 2 is 1.90 bits per heavy atom. The average molecular weight is 349 g/mol. The lowest BCUT2D eigenvalue weighted by Gasteiger charge is -2.13. The molecule has 1 N–H and O–H groups in total. The van der Waals surface area contributed by atoms with Crippen molar-refractivity contribution in [3.8, 4) is 11.4 Å². The molecule has 0 aliphatic heterocycles. The first-order chi connectivity index (χ1) is 9.32. The second-order valence-electron chi connectivity index (χ2n) is 4.39. The Bertz CT molecular complexity index is 593. The maximum atomic E-state index is 12.8. The normalized spacial score (nSPS) is 13.5. The molecule has 0 amide bonds. The van der Waals surface area contributed by atoms with E-state index in [1.165, 1.54) is 4.57 Å². The molecule has 1 heterocycles. The monoisotopic (exact) mass is 348 g/mol. The van der Waals surface area contributed by atoms with Crippen molar-refractivity contribution >= 4 is 15.9 Å². The molecule has 7 heteroatoms. The number of aliphatic hydroxyl groups excluding tert-OH is 1. The van der Waals surface area contributed by atoms with Crippen molar-refractivity contribution < 1.29 is 18.3 Å². The minimum absolute atomic E-state index is 0.186. The fraction of sp³-hybridized carbons (Fsp3) is 0.308. The van der Waals surface area contributed by atoms with Crippen molar-refractivity contribution in [2.45, 2.75) is 19.1 Å². The number of alkyl halides is 3. The molecule has 0 aliphatic rings. The van der Waals surface area contributed by atoms with E-state index in [9.17, 15) is 18.3 Å². The van der Waals surface area contributed by atoms with Crippen molar-refractivity contribution in [2.75, 3.05) is 6.61 Å². The standard InChI is InChI=1S/C13H12BrF3N2O/c1-8(7-20)19-6-11(13(15,16)17)18-12(19)9-2-4-10(14)5-3-9/h2-6,8,20H,7H2,1H3. The largest absolute Gasteiger partial charge is 0.434 e. The van der Waals surface area contributed by atoms with Gasteiger partial charge in [-0.25, -0.2) is 4.98 Å². The Morgan fingerprint density at radius 1 is 1.30 bits per heavy atom. The summed E-state index contributed by atoms with van der Waals surface area (Å²) in [5.74, 6) is 0.186. The number of rotatable bonds is 3. The van der Waals surface area contributed by atoms with Gasteiger partial charge in [0.1, 0.15) is 5.82 Å². The van der Waals surface area contributed by atoms with Crippen molar-refractivity contribution in [3.05, 3.63) is 40.6 Å². The summed E-state index contributed by atoms with van der Waals surface area (Å²) < 4.78 is 40.5. The number of hydrogen-bond acceptors (Lipinski definition) is 2. The molecule has 0 fully saturated rings. The van der Waals surface area contributed by atoms with Gasteiger partial charge >= 0.3 is 6.18 Å². The molecule has 1 aromatic carbocycles.